The van der Waals surface area contributed by atoms with Crippen LogP contribution in [0, 0.1) is 6.92 Å². The van der Waals surface area contributed by atoms with E-state index in [1.165, 1.54) is 0 Å². The van der Waals surface area contributed by atoms with E-state index in [-0.39, 0.29) is 6.61 Å². The third-order valence-corrected chi connectivity index (χ3v) is 2.84. The van der Waals surface area contributed by atoms with Crippen LogP contribution >= 0.6 is 15.9 Å². The van der Waals surface area contributed by atoms with E-state index >= 15 is 0 Å². The van der Waals surface area contributed by atoms with Crippen molar-refractivity contribution in [3.8, 4) is 5.75 Å². The number of hydrogen-bond donors (Lipinski definition) is 1. The van der Waals surface area contributed by atoms with Crippen LogP contribution in [0.5, 0.6) is 5.75 Å². The molecule has 1 rings (SSSR count). The zero-order valence-corrected chi connectivity index (χ0v) is 8.68. The Balaban J connectivity index is 3.20. The molecule has 0 atom stereocenters. The molecule has 12 heavy (non-hydrogen) atoms. The molecule has 0 spiro atoms. The summed E-state index contributed by atoms with van der Waals surface area (Å²) < 4.78 is 6.01. The van der Waals surface area contributed by atoms with E-state index in [0.717, 1.165) is 21.3 Å². The summed E-state index contributed by atoms with van der Waals surface area (Å²) in [5, 5.41) is 8.94. The third-order valence-electron chi connectivity index (χ3n) is 1.85. The highest BCUT2D eigenvalue weighted by atomic mass is 79.9. The Morgan fingerprint density at radius 1 is 1.50 bits per heavy atom. The van der Waals surface area contributed by atoms with Gasteiger partial charge >= 0.3 is 0 Å². The average molecular weight is 231 g/mol. The Morgan fingerprint density at radius 3 is 2.67 bits per heavy atom. The van der Waals surface area contributed by atoms with E-state index < -0.39 is 0 Å². The summed E-state index contributed by atoms with van der Waals surface area (Å²) in [7, 11) is 1.62. The number of benzene rings is 1. The normalized spacial score (nSPS) is 10.0. The number of ether oxygens (including phenoxy) is 1. The fourth-order valence-electron chi connectivity index (χ4n) is 1.03. The zero-order valence-electron chi connectivity index (χ0n) is 7.10. The van der Waals surface area contributed by atoms with Gasteiger partial charge in [0.25, 0.3) is 0 Å². The van der Waals surface area contributed by atoms with Gasteiger partial charge < -0.3 is 9.84 Å². The molecule has 0 amide bonds. The molecule has 1 aromatic rings. The van der Waals surface area contributed by atoms with E-state index in [1.54, 1.807) is 7.11 Å². The van der Waals surface area contributed by atoms with E-state index in [0.29, 0.717) is 0 Å². The molecule has 66 valence electrons. The maximum Gasteiger partial charge on any atom is 0.133 e. The van der Waals surface area contributed by atoms with Crippen molar-refractivity contribution in [3.63, 3.8) is 0 Å². The van der Waals surface area contributed by atoms with Crippen LogP contribution < -0.4 is 4.74 Å². The van der Waals surface area contributed by atoms with Gasteiger partial charge in [0.05, 0.1) is 18.2 Å². The first kappa shape index (κ1) is 9.55. The molecule has 0 saturated heterocycles. The summed E-state index contributed by atoms with van der Waals surface area (Å²) in [6.45, 7) is 2.01. The van der Waals surface area contributed by atoms with Gasteiger partial charge in [-0.3, -0.25) is 0 Å². The monoisotopic (exact) mass is 230 g/mol. The van der Waals surface area contributed by atoms with Crippen molar-refractivity contribution in [1.29, 1.82) is 0 Å². The van der Waals surface area contributed by atoms with Gasteiger partial charge in [-0.25, -0.2) is 0 Å². The van der Waals surface area contributed by atoms with Crippen LogP contribution in [-0.4, -0.2) is 12.2 Å². The maximum atomic E-state index is 8.94. The topological polar surface area (TPSA) is 29.5 Å². The molecule has 0 radical (unpaired) electrons. The fourth-order valence-corrected chi connectivity index (χ4v) is 1.58. The predicted octanol–water partition coefficient (Wildman–Crippen LogP) is 2.26. The summed E-state index contributed by atoms with van der Waals surface area (Å²) >= 11 is 3.40. The largest absolute Gasteiger partial charge is 0.496 e. The Bertz CT molecular complexity index is 255. The summed E-state index contributed by atoms with van der Waals surface area (Å²) in [5.41, 5.74) is 1.94. The highest BCUT2D eigenvalue weighted by Crippen LogP contribution is 2.30. The number of halogens is 1. The van der Waals surface area contributed by atoms with Crippen molar-refractivity contribution in [2.24, 2.45) is 0 Å². The first-order valence-electron chi connectivity index (χ1n) is 3.63. The lowest BCUT2D eigenvalue weighted by Crippen LogP contribution is -1.92. The van der Waals surface area contributed by atoms with Crippen molar-refractivity contribution in [2.45, 2.75) is 13.5 Å². The molecule has 0 fully saturated rings. The molecule has 2 nitrogen and oxygen atoms in total. The van der Waals surface area contributed by atoms with Crippen LogP contribution in [0.1, 0.15) is 11.1 Å². The molecule has 3 heteroatoms. The van der Waals surface area contributed by atoms with Crippen LogP contribution in [0.2, 0.25) is 0 Å². The standard InChI is InChI=1S/C9H11BrO2/c1-6-7(5-11)3-4-8(12-2)9(6)10/h3-4,11H,5H2,1-2H3. The van der Waals surface area contributed by atoms with Crippen molar-refractivity contribution in [3.05, 3.63) is 27.7 Å². The Hall–Kier alpha value is -0.540. The quantitative estimate of drug-likeness (QED) is 0.845. The lowest BCUT2D eigenvalue weighted by atomic mass is 10.1. The minimum Gasteiger partial charge on any atom is -0.496 e. The van der Waals surface area contributed by atoms with Gasteiger partial charge in [0.15, 0.2) is 0 Å². The van der Waals surface area contributed by atoms with Gasteiger partial charge in [-0.1, -0.05) is 6.07 Å². The Morgan fingerprint density at radius 2 is 2.17 bits per heavy atom. The smallest absolute Gasteiger partial charge is 0.133 e. The molecule has 1 N–H and O–H groups in total. The van der Waals surface area contributed by atoms with Gasteiger partial charge in [-0.05, 0) is 40.0 Å². The number of hydrogen-bond acceptors (Lipinski definition) is 2. The van der Waals surface area contributed by atoms with Crippen LogP contribution in [0.15, 0.2) is 16.6 Å². The van der Waals surface area contributed by atoms with Crippen LogP contribution in [0.25, 0.3) is 0 Å². The molecule has 0 heterocycles. The molecule has 0 saturated carbocycles. The summed E-state index contributed by atoms with van der Waals surface area (Å²) in [6, 6.07) is 3.70. The Kier molecular flexibility index (Phi) is 3.12. The van der Waals surface area contributed by atoms with E-state index in [4.69, 9.17) is 9.84 Å². The molecule has 0 aliphatic heterocycles. The molecule has 1 aromatic carbocycles. The number of aliphatic hydroxyl groups is 1. The van der Waals surface area contributed by atoms with Gasteiger partial charge in [-0.2, -0.15) is 0 Å². The number of aliphatic hydroxyl groups excluding tert-OH is 1. The van der Waals surface area contributed by atoms with E-state index in [9.17, 15) is 0 Å². The van der Waals surface area contributed by atoms with Crippen molar-refractivity contribution < 1.29 is 9.84 Å². The predicted molar refractivity (Wildman–Crippen MR) is 51.4 cm³/mol. The third kappa shape index (κ3) is 1.62. The second-order valence-corrected chi connectivity index (χ2v) is 3.32. The highest BCUT2D eigenvalue weighted by Gasteiger charge is 2.06. The zero-order chi connectivity index (χ0) is 9.14. The highest BCUT2D eigenvalue weighted by molar-refractivity contribution is 9.10. The molecule has 0 bridgehead atoms. The van der Waals surface area contributed by atoms with E-state index in [1.807, 2.05) is 19.1 Å². The molecular formula is C9H11BrO2. The lowest BCUT2D eigenvalue weighted by molar-refractivity contribution is 0.280. The average Bonchev–Trinajstić information content (AvgIpc) is 2.10. The first-order valence-corrected chi connectivity index (χ1v) is 4.42. The maximum absolute atomic E-state index is 8.94. The minimum absolute atomic E-state index is 0.0639. The number of rotatable bonds is 2. The summed E-state index contributed by atoms with van der Waals surface area (Å²) in [4.78, 5) is 0. The molecule has 0 aliphatic carbocycles. The minimum atomic E-state index is 0.0639. The molecular weight excluding hydrogens is 220 g/mol. The Labute approximate surface area is 80.3 Å². The molecule has 0 unspecified atom stereocenters. The number of methoxy groups -OCH3 is 1. The van der Waals surface area contributed by atoms with Gasteiger partial charge in [0.1, 0.15) is 5.75 Å². The molecule has 0 aromatic heterocycles. The lowest BCUT2D eigenvalue weighted by Gasteiger charge is -2.08. The van der Waals surface area contributed by atoms with Crippen molar-refractivity contribution in [1.82, 2.24) is 0 Å². The fraction of sp³-hybridized carbons (Fsp3) is 0.333. The van der Waals surface area contributed by atoms with Crippen molar-refractivity contribution in [2.75, 3.05) is 7.11 Å². The van der Waals surface area contributed by atoms with Crippen LogP contribution in [0.4, 0.5) is 0 Å². The van der Waals surface area contributed by atoms with Crippen LogP contribution in [0.3, 0.4) is 0 Å². The van der Waals surface area contributed by atoms with Gasteiger partial charge in [0, 0.05) is 0 Å². The second kappa shape index (κ2) is 3.92. The second-order valence-electron chi connectivity index (χ2n) is 2.52. The van der Waals surface area contributed by atoms with E-state index in [2.05, 4.69) is 15.9 Å². The van der Waals surface area contributed by atoms with Crippen LogP contribution in [-0.2, 0) is 6.61 Å². The molecule has 0 aliphatic rings. The SMILES string of the molecule is COc1ccc(CO)c(C)c1Br. The first-order chi connectivity index (χ1) is 5.70. The van der Waals surface area contributed by atoms with Gasteiger partial charge in [-0.15, -0.1) is 0 Å². The van der Waals surface area contributed by atoms with Crippen molar-refractivity contribution >= 4 is 15.9 Å². The van der Waals surface area contributed by atoms with Gasteiger partial charge in [0.2, 0.25) is 0 Å². The summed E-state index contributed by atoms with van der Waals surface area (Å²) in [6.07, 6.45) is 0. The summed E-state index contributed by atoms with van der Waals surface area (Å²) in [5.74, 6) is 0.796.